The van der Waals surface area contributed by atoms with Gasteiger partial charge in [0.15, 0.2) is 0 Å². The predicted molar refractivity (Wildman–Crippen MR) is 49.7 cm³/mol. The summed E-state index contributed by atoms with van der Waals surface area (Å²) in [6.45, 7) is 0.805. The van der Waals surface area contributed by atoms with Crippen molar-refractivity contribution in [2.45, 2.75) is 25.8 Å². The van der Waals surface area contributed by atoms with Crippen LogP contribution in [-0.4, -0.2) is 9.67 Å². The first-order valence-electron chi connectivity index (χ1n) is 4.65. The molecular weight excluding hydrogens is 166 g/mol. The van der Waals surface area contributed by atoms with Crippen molar-refractivity contribution in [3.8, 4) is 5.75 Å². The first-order chi connectivity index (χ1) is 6.25. The van der Waals surface area contributed by atoms with E-state index in [9.17, 15) is 4.79 Å². The molecule has 0 aliphatic heterocycles. The zero-order chi connectivity index (χ0) is 9.26. The van der Waals surface area contributed by atoms with Gasteiger partial charge < -0.3 is 9.67 Å². The van der Waals surface area contributed by atoms with E-state index in [-0.39, 0.29) is 11.3 Å². The van der Waals surface area contributed by atoms with E-state index in [0.29, 0.717) is 5.92 Å². The Kier molecular flexibility index (Phi) is 2.08. The van der Waals surface area contributed by atoms with Crippen LogP contribution in [0.15, 0.2) is 23.1 Å². The van der Waals surface area contributed by atoms with E-state index in [0.717, 1.165) is 6.54 Å². The lowest BCUT2D eigenvalue weighted by molar-refractivity contribution is 0.273. The van der Waals surface area contributed by atoms with Gasteiger partial charge in [-0.1, -0.05) is 6.42 Å². The third kappa shape index (κ3) is 1.74. The van der Waals surface area contributed by atoms with Gasteiger partial charge in [0, 0.05) is 18.8 Å². The maximum absolute atomic E-state index is 11.3. The van der Waals surface area contributed by atoms with Crippen LogP contribution in [0.1, 0.15) is 19.3 Å². The van der Waals surface area contributed by atoms with Crippen LogP contribution in [0, 0.1) is 5.92 Å². The largest absolute Gasteiger partial charge is 0.508 e. The summed E-state index contributed by atoms with van der Waals surface area (Å²) < 4.78 is 1.67. The molecule has 3 nitrogen and oxygen atoms in total. The van der Waals surface area contributed by atoms with Crippen molar-refractivity contribution in [1.82, 2.24) is 4.57 Å². The molecule has 1 saturated carbocycles. The van der Waals surface area contributed by atoms with E-state index in [1.807, 2.05) is 0 Å². The Morgan fingerprint density at radius 1 is 1.54 bits per heavy atom. The zero-order valence-electron chi connectivity index (χ0n) is 7.44. The minimum Gasteiger partial charge on any atom is -0.508 e. The molecular formula is C10H13NO2. The standard InChI is InChI=1S/C10H13NO2/c12-9-4-5-11(10(13)6-9)7-8-2-1-3-8/h4-6,8,12H,1-3,7H2. The number of aromatic hydroxyl groups is 1. The molecule has 0 radical (unpaired) electrons. The molecule has 0 saturated heterocycles. The second kappa shape index (κ2) is 3.24. The number of nitrogens with zero attached hydrogens (tertiary/aromatic N) is 1. The molecule has 0 amide bonds. The van der Waals surface area contributed by atoms with Crippen LogP contribution in [-0.2, 0) is 6.54 Å². The van der Waals surface area contributed by atoms with E-state index in [1.54, 1.807) is 16.8 Å². The van der Waals surface area contributed by atoms with Gasteiger partial charge in [-0.3, -0.25) is 4.79 Å². The summed E-state index contributed by atoms with van der Waals surface area (Å²) in [5.74, 6) is 0.720. The van der Waals surface area contributed by atoms with Gasteiger partial charge in [0.05, 0.1) is 0 Å². The fraction of sp³-hybridized carbons (Fsp3) is 0.500. The number of hydrogen-bond acceptors (Lipinski definition) is 2. The van der Waals surface area contributed by atoms with Gasteiger partial charge in [0.1, 0.15) is 5.75 Å². The Balaban J connectivity index is 2.15. The van der Waals surface area contributed by atoms with Gasteiger partial charge >= 0.3 is 0 Å². The number of pyridine rings is 1. The van der Waals surface area contributed by atoms with E-state index < -0.39 is 0 Å². The van der Waals surface area contributed by atoms with Gasteiger partial charge in [-0.05, 0) is 24.8 Å². The van der Waals surface area contributed by atoms with Crippen LogP contribution >= 0.6 is 0 Å². The second-order valence-corrected chi connectivity index (χ2v) is 3.67. The first-order valence-corrected chi connectivity index (χ1v) is 4.65. The predicted octanol–water partition coefficient (Wildman–Crippen LogP) is 1.35. The molecule has 1 heterocycles. The molecule has 0 aromatic carbocycles. The molecule has 2 rings (SSSR count). The summed E-state index contributed by atoms with van der Waals surface area (Å²) in [5, 5.41) is 9.03. The monoisotopic (exact) mass is 179 g/mol. The van der Waals surface area contributed by atoms with Gasteiger partial charge in [-0.15, -0.1) is 0 Å². The van der Waals surface area contributed by atoms with E-state index in [1.165, 1.54) is 25.3 Å². The van der Waals surface area contributed by atoms with Gasteiger partial charge in [-0.25, -0.2) is 0 Å². The molecule has 1 aliphatic carbocycles. The Labute approximate surface area is 76.6 Å². The van der Waals surface area contributed by atoms with Crippen LogP contribution in [0.4, 0.5) is 0 Å². The molecule has 1 aromatic heterocycles. The van der Waals surface area contributed by atoms with Crippen LogP contribution in [0.5, 0.6) is 5.75 Å². The third-order valence-corrected chi connectivity index (χ3v) is 2.66. The molecule has 0 bridgehead atoms. The lowest BCUT2D eigenvalue weighted by Gasteiger charge is -2.25. The van der Waals surface area contributed by atoms with Crippen molar-refractivity contribution in [2.75, 3.05) is 0 Å². The lowest BCUT2D eigenvalue weighted by atomic mass is 9.85. The van der Waals surface area contributed by atoms with Crippen molar-refractivity contribution in [1.29, 1.82) is 0 Å². The molecule has 1 aliphatic rings. The van der Waals surface area contributed by atoms with Crippen molar-refractivity contribution in [2.24, 2.45) is 5.92 Å². The average Bonchev–Trinajstić information content (AvgIpc) is 1.99. The summed E-state index contributed by atoms with van der Waals surface area (Å²) in [6, 6.07) is 2.82. The van der Waals surface area contributed by atoms with Crippen molar-refractivity contribution >= 4 is 0 Å². The van der Waals surface area contributed by atoms with Crippen LogP contribution in [0.2, 0.25) is 0 Å². The fourth-order valence-electron chi connectivity index (χ4n) is 1.60. The van der Waals surface area contributed by atoms with Crippen LogP contribution in [0.25, 0.3) is 0 Å². The van der Waals surface area contributed by atoms with E-state index >= 15 is 0 Å². The molecule has 0 spiro atoms. The topological polar surface area (TPSA) is 42.2 Å². The van der Waals surface area contributed by atoms with Crippen LogP contribution < -0.4 is 5.56 Å². The molecule has 3 heteroatoms. The Hall–Kier alpha value is -1.25. The Morgan fingerprint density at radius 3 is 2.85 bits per heavy atom. The molecule has 13 heavy (non-hydrogen) atoms. The highest BCUT2D eigenvalue weighted by Crippen LogP contribution is 2.27. The summed E-state index contributed by atoms with van der Waals surface area (Å²) in [6.07, 6.45) is 5.41. The molecule has 0 atom stereocenters. The second-order valence-electron chi connectivity index (χ2n) is 3.67. The minimum atomic E-state index is -0.105. The third-order valence-electron chi connectivity index (χ3n) is 2.66. The summed E-state index contributed by atoms with van der Waals surface area (Å²) in [4.78, 5) is 11.3. The van der Waals surface area contributed by atoms with Gasteiger partial charge in [-0.2, -0.15) is 0 Å². The molecule has 1 fully saturated rings. The Morgan fingerprint density at radius 2 is 2.31 bits per heavy atom. The molecule has 70 valence electrons. The highest BCUT2D eigenvalue weighted by atomic mass is 16.3. The lowest BCUT2D eigenvalue weighted by Crippen LogP contribution is -2.25. The zero-order valence-corrected chi connectivity index (χ0v) is 7.44. The quantitative estimate of drug-likeness (QED) is 0.744. The average molecular weight is 179 g/mol. The molecule has 1 N–H and O–H groups in total. The van der Waals surface area contributed by atoms with E-state index in [2.05, 4.69) is 0 Å². The van der Waals surface area contributed by atoms with Crippen molar-refractivity contribution < 1.29 is 5.11 Å². The maximum Gasteiger partial charge on any atom is 0.254 e. The van der Waals surface area contributed by atoms with Crippen LogP contribution in [0.3, 0.4) is 0 Å². The Bertz CT molecular complexity index is 352. The summed E-state index contributed by atoms with van der Waals surface area (Å²) in [7, 11) is 0. The molecule has 1 aromatic rings. The first kappa shape index (κ1) is 8.35. The van der Waals surface area contributed by atoms with Crippen molar-refractivity contribution in [3.05, 3.63) is 28.7 Å². The normalized spacial score (nSPS) is 16.9. The van der Waals surface area contributed by atoms with Crippen molar-refractivity contribution in [3.63, 3.8) is 0 Å². The SMILES string of the molecule is O=c1cc(O)ccn1CC1CCC1. The highest BCUT2D eigenvalue weighted by molar-refractivity contribution is 5.15. The highest BCUT2D eigenvalue weighted by Gasteiger charge is 2.17. The number of rotatable bonds is 2. The van der Waals surface area contributed by atoms with Gasteiger partial charge in [0.2, 0.25) is 0 Å². The smallest absolute Gasteiger partial charge is 0.254 e. The fourth-order valence-corrected chi connectivity index (χ4v) is 1.60. The number of aromatic nitrogens is 1. The molecule has 0 unspecified atom stereocenters. The summed E-state index contributed by atoms with van der Waals surface area (Å²) in [5.41, 5.74) is -0.105. The number of hydrogen-bond donors (Lipinski definition) is 1. The maximum atomic E-state index is 11.3. The summed E-state index contributed by atoms with van der Waals surface area (Å²) >= 11 is 0. The van der Waals surface area contributed by atoms with Gasteiger partial charge in [0.25, 0.3) is 5.56 Å². The van der Waals surface area contributed by atoms with E-state index in [4.69, 9.17) is 5.11 Å². The minimum absolute atomic E-state index is 0.0508.